The second-order valence-corrected chi connectivity index (χ2v) is 7.24. The van der Waals surface area contributed by atoms with Gasteiger partial charge < -0.3 is 15.8 Å². The molecule has 3 aromatic rings. The Labute approximate surface area is 167 Å². The number of nitrogens with zero attached hydrogens (tertiary/aromatic N) is 2. The number of anilines is 2. The van der Waals surface area contributed by atoms with Crippen molar-refractivity contribution in [2.24, 2.45) is 0 Å². The highest BCUT2D eigenvalue weighted by Gasteiger charge is 2.23. The third-order valence-corrected chi connectivity index (χ3v) is 5.24. The highest BCUT2D eigenvalue weighted by atomic mass is 32.2. The predicted octanol–water partition coefficient (Wildman–Crippen LogP) is 3.16. The van der Waals surface area contributed by atoms with Crippen LogP contribution in [-0.2, 0) is 9.53 Å². The number of thiophene rings is 1. The summed E-state index contributed by atoms with van der Waals surface area (Å²) in [5.74, 6) is -1.09. The number of nitrogen functional groups attached to an aromatic ring is 1. The molecule has 0 saturated heterocycles. The average molecular weight is 421 g/mol. The van der Waals surface area contributed by atoms with Gasteiger partial charge in [-0.3, -0.25) is 4.79 Å². The van der Waals surface area contributed by atoms with Crippen LogP contribution in [0.3, 0.4) is 0 Å². The number of carbonyl (C=O) groups excluding carboxylic acids is 2. The van der Waals surface area contributed by atoms with Gasteiger partial charge in [-0.25, -0.2) is 14.3 Å². The molecule has 28 heavy (non-hydrogen) atoms. The number of hydrogen-bond acceptors (Lipinski definition) is 8. The highest BCUT2D eigenvalue weighted by molar-refractivity contribution is 7.99. The molecule has 0 saturated carbocycles. The van der Waals surface area contributed by atoms with Crippen LogP contribution in [0.2, 0.25) is 0 Å². The van der Waals surface area contributed by atoms with E-state index < -0.39 is 5.97 Å². The van der Waals surface area contributed by atoms with Crippen molar-refractivity contribution in [2.75, 3.05) is 23.4 Å². The Morgan fingerprint density at radius 3 is 2.75 bits per heavy atom. The summed E-state index contributed by atoms with van der Waals surface area (Å²) in [5.41, 5.74) is 6.88. The highest BCUT2D eigenvalue weighted by Crippen LogP contribution is 2.36. The molecule has 0 fully saturated rings. The number of H-pyrrole nitrogens is 1. The van der Waals surface area contributed by atoms with Gasteiger partial charge in [0.05, 0.1) is 12.4 Å². The number of nitrogens with one attached hydrogen (secondary N) is 2. The van der Waals surface area contributed by atoms with E-state index >= 15 is 0 Å². The van der Waals surface area contributed by atoms with Gasteiger partial charge in [-0.2, -0.15) is 4.98 Å². The Bertz CT molecular complexity index is 987. The quantitative estimate of drug-likeness (QED) is 0.395. The van der Waals surface area contributed by atoms with Crippen LogP contribution in [-0.4, -0.2) is 39.4 Å². The smallest absolute Gasteiger partial charge is 0.341 e. The number of benzene rings is 1. The van der Waals surface area contributed by atoms with E-state index in [0.717, 1.165) is 11.8 Å². The molecular formula is C17H16FN5O3S2. The number of carbonyl (C=O) groups is 2. The molecule has 0 aliphatic rings. The van der Waals surface area contributed by atoms with E-state index in [1.165, 1.54) is 23.5 Å². The molecule has 0 aliphatic heterocycles. The number of esters is 1. The zero-order valence-corrected chi connectivity index (χ0v) is 16.3. The van der Waals surface area contributed by atoms with Gasteiger partial charge in [0.15, 0.2) is 0 Å². The maximum Gasteiger partial charge on any atom is 0.341 e. The molecule has 0 aliphatic carbocycles. The molecule has 3 rings (SSSR count). The van der Waals surface area contributed by atoms with Crippen molar-refractivity contribution in [3.8, 4) is 11.1 Å². The Morgan fingerprint density at radius 1 is 1.36 bits per heavy atom. The number of thioether (sulfide) groups is 1. The van der Waals surface area contributed by atoms with E-state index in [-0.39, 0.29) is 35.6 Å². The first-order valence-electron chi connectivity index (χ1n) is 8.13. The largest absolute Gasteiger partial charge is 0.462 e. The number of nitrogens with two attached hydrogens (primary N) is 1. The number of aromatic nitrogens is 3. The van der Waals surface area contributed by atoms with E-state index in [0.29, 0.717) is 21.3 Å². The normalized spacial score (nSPS) is 10.6. The second kappa shape index (κ2) is 8.85. The van der Waals surface area contributed by atoms with Crippen molar-refractivity contribution < 1.29 is 18.7 Å². The van der Waals surface area contributed by atoms with Crippen LogP contribution in [0.25, 0.3) is 11.1 Å². The van der Waals surface area contributed by atoms with Crippen molar-refractivity contribution in [2.45, 2.75) is 12.1 Å². The average Bonchev–Trinajstić information content (AvgIpc) is 3.27. The Morgan fingerprint density at radius 2 is 2.11 bits per heavy atom. The van der Waals surface area contributed by atoms with Crippen LogP contribution in [0.15, 0.2) is 34.8 Å². The van der Waals surface area contributed by atoms with E-state index in [9.17, 15) is 14.0 Å². The summed E-state index contributed by atoms with van der Waals surface area (Å²) in [6, 6.07) is 5.74. The van der Waals surface area contributed by atoms with Gasteiger partial charge in [-0.05, 0) is 24.6 Å². The second-order valence-electron chi connectivity index (χ2n) is 5.42. The van der Waals surface area contributed by atoms with Crippen LogP contribution in [0, 0.1) is 5.82 Å². The Balaban J connectivity index is 1.80. The van der Waals surface area contributed by atoms with Gasteiger partial charge in [0, 0.05) is 10.9 Å². The van der Waals surface area contributed by atoms with E-state index in [1.807, 2.05) is 0 Å². The molecule has 11 heteroatoms. The monoisotopic (exact) mass is 421 g/mol. The molecule has 4 N–H and O–H groups in total. The first kappa shape index (κ1) is 19.8. The van der Waals surface area contributed by atoms with Gasteiger partial charge in [0.1, 0.15) is 16.4 Å². The molecule has 1 aromatic carbocycles. The fraction of sp³-hybridized carbons (Fsp3) is 0.176. The molecule has 0 spiro atoms. The lowest BCUT2D eigenvalue weighted by atomic mass is 10.0. The number of aromatic amines is 1. The number of amides is 1. The summed E-state index contributed by atoms with van der Waals surface area (Å²) < 4.78 is 18.3. The first-order valence-corrected chi connectivity index (χ1v) is 9.99. The minimum atomic E-state index is -0.562. The minimum absolute atomic E-state index is 0.0311. The van der Waals surface area contributed by atoms with Gasteiger partial charge in [-0.15, -0.1) is 16.4 Å². The van der Waals surface area contributed by atoms with Crippen LogP contribution in [0.5, 0.6) is 0 Å². The molecule has 8 nitrogen and oxygen atoms in total. The van der Waals surface area contributed by atoms with Crippen molar-refractivity contribution >= 4 is 45.9 Å². The summed E-state index contributed by atoms with van der Waals surface area (Å²) in [4.78, 5) is 28.7. The molecule has 0 atom stereocenters. The minimum Gasteiger partial charge on any atom is -0.462 e. The summed E-state index contributed by atoms with van der Waals surface area (Å²) >= 11 is 2.29. The van der Waals surface area contributed by atoms with E-state index in [1.54, 1.807) is 24.4 Å². The van der Waals surface area contributed by atoms with E-state index in [4.69, 9.17) is 10.5 Å². The first-order chi connectivity index (χ1) is 13.5. The number of rotatable bonds is 7. The third kappa shape index (κ3) is 4.67. The molecule has 0 bridgehead atoms. The summed E-state index contributed by atoms with van der Waals surface area (Å²) in [6.07, 6.45) is 0. The zero-order valence-electron chi connectivity index (χ0n) is 14.7. The van der Waals surface area contributed by atoms with Crippen LogP contribution in [0.4, 0.5) is 15.3 Å². The molecule has 0 radical (unpaired) electrons. The zero-order chi connectivity index (χ0) is 20.1. The van der Waals surface area contributed by atoms with Gasteiger partial charge in [-0.1, -0.05) is 23.9 Å². The lowest BCUT2D eigenvalue weighted by Gasteiger charge is -2.08. The Hall–Kier alpha value is -2.92. The van der Waals surface area contributed by atoms with Crippen molar-refractivity contribution in [3.05, 3.63) is 41.0 Å². The predicted molar refractivity (Wildman–Crippen MR) is 106 cm³/mol. The molecule has 2 aromatic heterocycles. The summed E-state index contributed by atoms with van der Waals surface area (Å²) in [5, 5.41) is 11.5. The molecule has 146 valence electrons. The third-order valence-electron chi connectivity index (χ3n) is 3.49. The maximum atomic E-state index is 13.2. The fourth-order valence-electron chi connectivity index (χ4n) is 2.31. The topological polar surface area (TPSA) is 123 Å². The molecule has 0 unspecified atom stereocenters. The fourth-order valence-corrected chi connectivity index (χ4v) is 3.89. The number of hydrogen-bond donors (Lipinski definition) is 3. The lowest BCUT2D eigenvalue weighted by Crippen LogP contribution is -2.16. The van der Waals surface area contributed by atoms with Gasteiger partial charge in [0.25, 0.3) is 0 Å². The SMILES string of the molecule is CCOC(=O)c1c(-c2ccc(F)cc2)csc1NC(=O)CSc1n[nH]c(N)n1. The van der Waals surface area contributed by atoms with Crippen LogP contribution in [0.1, 0.15) is 17.3 Å². The number of ether oxygens (including phenoxy) is 1. The van der Waals surface area contributed by atoms with Gasteiger partial charge >= 0.3 is 5.97 Å². The van der Waals surface area contributed by atoms with E-state index in [2.05, 4.69) is 20.5 Å². The van der Waals surface area contributed by atoms with Crippen LogP contribution >= 0.6 is 23.1 Å². The van der Waals surface area contributed by atoms with Crippen molar-refractivity contribution in [1.29, 1.82) is 0 Å². The Kier molecular flexibility index (Phi) is 6.26. The molecule has 1 amide bonds. The molecular weight excluding hydrogens is 405 g/mol. The van der Waals surface area contributed by atoms with Gasteiger partial charge in [0.2, 0.25) is 17.0 Å². The molecule has 2 heterocycles. The van der Waals surface area contributed by atoms with Crippen LogP contribution < -0.4 is 11.1 Å². The van der Waals surface area contributed by atoms with Crippen molar-refractivity contribution in [1.82, 2.24) is 15.2 Å². The summed E-state index contributed by atoms with van der Waals surface area (Å²) in [7, 11) is 0. The number of halogens is 1. The van der Waals surface area contributed by atoms with Crippen molar-refractivity contribution in [3.63, 3.8) is 0 Å². The standard InChI is InChI=1S/C17H16FN5O3S2/c1-2-26-15(25)13-11(9-3-5-10(18)6-4-9)7-27-14(13)20-12(24)8-28-17-21-16(19)22-23-17/h3-7H,2,8H2,1H3,(H,20,24)(H3,19,21,22,23). The maximum absolute atomic E-state index is 13.2. The lowest BCUT2D eigenvalue weighted by molar-refractivity contribution is -0.113. The summed E-state index contributed by atoms with van der Waals surface area (Å²) in [6.45, 7) is 1.88.